The van der Waals surface area contributed by atoms with E-state index in [-0.39, 0.29) is 5.54 Å². The average Bonchev–Trinajstić information content (AvgIpc) is 2.50. The van der Waals surface area contributed by atoms with Crippen LogP contribution in [0.15, 0.2) is 9.98 Å². The summed E-state index contributed by atoms with van der Waals surface area (Å²) in [5.74, 6) is 0. The maximum atomic E-state index is 4.37. The Morgan fingerprint density at radius 2 is 2.27 bits per heavy atom. The molecule has 1 N–H and O–H groups in total. The molecule has 0 amide bonds. The van der Waals surface area contributed by atoms with E-state index in [9.17, 15) is 0 Å². The minimum Gasteiger partial charge on any atom is -0.303 e. The summed E-state index contributed by atoms with van der Waals surface area (Å²) in [7, 11) is 0. The van der Waals surface area contributed by atoms with Crippen LogP contribution in [0.25, 0.3) is 0 Å². The normalized spacial score (nSPS) is 14.2. The summed E-state index contributed by atoms with van der Waals surface area (Å²) >= 11 is 5.14. The van der Waals surface area contributed by atoms with Crippen molar-refractivity contribution >= 4 is 27.3 Å². The zero-order valence-corrected chi connectivity index (χ0v) is 12.2. The lowest BCUT2D eigenvalue weighted by molar-refractivity contribution is 0.323. The maximum absolute atomic E-state index is 4.37. The molecule has 2 nitrogen and oxygen atoms in total. The van der Waals surface area contributed by atoms with E-state index in [2.05, 4.69) is 53.9 Å². The molecule has 86 valence electrons. The summed E-state index contributed by atoms with van der Waals surface area (Å²) < 4.78 is 1.10. The summed E-state index contributed by atoms with van der Waals surface area (Å²) in [4.78, 5) is 4.37. The van der Waals surface area contributed by atoms with E-state index in [1.165, 1.54) is 12.8 Å². The highest BCUT2D eigenvalue weighted by atomic mass is 79.9. The highest BCUT2D eigenvalue weighted by Crippen LogP contribution is 2.26. The predicted molar refractivity (Wildman–Crippen MR) is 70.4 cm³/mol. The van der Waals surface area contributed by atoms with Gasteiger partial charge in [-0.25, -0.2) is 4.98 Å². The first-order chi connectivity index (χ1) is 6.94. The van der Waals surface area contributed by atoms with Crippen molar-refractivity contribution in [2.75, 3.05) is 0 Å². The highest BCUT2D eigenvalue weighted by molar-refractivity contribution is 9.11. The van der Waals surface area contributed by atoms with Crippen LogP contribution in [-0.2, 0) is 0 Å². The first kappa shape index (κ1) is 13.1. The molecular weight excluding hydrogens is 272 g/mol. The minimum absolute atomic E-state index is 0.187. The molecule has 0 saturated heterocycles. The van der Waals surface area contributed by atoms with Gasteiger partial charge in [-0.3, -0.25) is 0 Å². The summed E-state index contributed by atoms with van der Waals surface area (Å²) in [5.41, 5.74) is 0.187. The van der Waals surface area contributed by atoms with Crippen molar-refractivity contribution in [3.63, 3.8) is 0 Å². The predicted octanol–water partition coefficient (Wildman–Crippen LogP) is 4.13. The zero-order valence-electron chi connectivity index (χ0n) is 9.80. The molecule has 1 atom stereocenters. The van der Waals surface area contributed by atoms with Crippen LogP contribution < -0.4 is 5.32 Å². The molecule has 0 aliphatic carbocycles. The molecular formula is C11H19BrN2S. The largest absolute Gasteiger partial charge is 0.303 e. The Morgan fingerprint density at radius 3 is 2.73 bits per heavy atom. The van der Waals surface area contributed by atoms with Crippen LogP contribution in [0.3, 0.4) is 0 Å². The first-order valence-electron chi connectivity index (χ1n) is 5.33. The van der Waals surface area contributed by atoms with Gasteiger partial charge in [0.1, 0.15) is 5.01 Å². The fourth-order valence-electron chi connectivity index (χ4n) is 1.81. The summed E-state index contributed by atoms with van der Waals surface area (Å²) in [6.45, 7) is 8.88. The molecule has 4 heteroatoms. The van der Waals surface area contributed by atoms with E-state index in [0.717, 1.165) is 8.79 Å². The molecule has 1 unspecified atom stereocenters. The molecule has 0 saturated carbocycles. The first-order valence-corrected chi connectivity index (χ1v) is 6.94. The number of hydrogen-bond acceptors (Lipinski definition) is 3. The van der Waals surface area contributed by atoms with Crippen molar-refractivity contribution in [3.8, 4) is 0 Å². The Morgan fingerprint density at radius 1 is 1.60 bits per heavy atom. The maximum Gasteiger partial charge on any atom is 0.110 e. The highest BCUT2D eigenvalue weighted by Gasteiger charge is 2.21. The van der Waals surface area contributed by atoms with Crippen molar-refractivity contribution in [2.45, 2.75) is 52.1 Å². The second-order valence-electron chi connectivity index (χ2n) is 4.50. The zero-order chi connectivity index (χ0) is 11.5. The van der Waals surface area contributed by atoms with Crippen LogP contribution in [0.4, 0.5) is 0 Å². The Kier molecular flexibility index (Phi) is 4.74. The van der Waals surface area contributed by atoms with Crippen molar-refractivity contribution < 1.29 is 0 Å². The Bertz CT molecular complexity index is 309. The molecule has 15 heavy (non-hydrogen) atoms. The van der Waals surface area contributed by atoms with Gasteiger partial charge in [-0.2, -0.15) is 0 Å². The number of hydrogen-bond donors (Lipinski definition) is 1. The smallest absolute Gasteiger partial charge is 0.110 e. The quantitative estimate of drug-likeness (QED) is 0.882. The van der Waals surface area contributed by atoms with Gasteiger partial charge in [0.15, 0.2) is 0 Å². The molecule has 0 fully saturated rings. The van der Waals surface area contributed by atoms with Crippen LogP contribution in [-0.4, -0.2) is 10.5 Å². The van der Waals surface area contributed by atoms with Gasteiger partial charge in [-0.1, -0.05) is 13.3 Å². The average molecular weight is 291 g/mol. The molecule has 1 aromatic heterocycles. The van der Waals surface area contributed by atoms with Gasteiger partial charge in [0.05, 0.1) is 16.0 Å². The monoisotopic (exact) mass is 290 g/mol. The van der Waals surface area contributed by atoms with Crippen LogP contribution >= 0.6 is 27.3 Å². The third-order valence-electron chi connectivity index (χ3n) is 2.35. The molecule has 0 aliphatic heterocycles. The van der Waals surface area contributed by atoms with Crippen LogP contribution in [0.1, 0.15) is 51.6 Å². The van der Waals surface area contributed by atoms with Crippen molar-refractivity contribution in [2.24, 2.45) is 0 Å². The third-order valence-corrected chi connectivity index (χ3v) is 4.01. The standard InChI is InChI=1S/C11H19BrN2S/c1-5-6-11(3,4)14-8(2)10-13-7-9(12)15-10/h7-8,14H,5-6H2,1-4H3. The Hall–Kier alpha value is 0.0700. The van der Waals surface area contributed by atoms with E-state index in [1.54, 1.807) is 11.3 Å². The fourth-order valence-corrected chi connectivity index (χ4v) is 3.06. The molecule has 1 rings (SSSR count). The summed E-state index contributed by atoms with van der Waals surface area (Å²) in [6.07, 6.45) is 4.25. The molecule has 0 aromatic carbocycles. The van der Waals surface area contributed by atoms with E-state index in [1.807, 2.05) is 6.20 Å². The second-order valence-corrected chi connectivity index (χ2v) is 6.94. The Balaban J connectivity index is 2.59. The lowest BCUT2D eigenvalue weighted by Gasteiger charge is -2.29. The topological polar surface area (TPSA) is 24.9 Å². The van der Waals surface area contributed by atoms with Gasteiger partial charge in [-0.15, -0.1) is 11.3 Å². The number of halogens is 1. The Labute approximate surface area is 105 Å². The van der Waals surface area contributed by atoms with Crippen molar-refractivity contribution in [3.05, 3.63) is 15.0 Å². The van der Waals surface area contributed by atoms with E-state index < -0.39 is 0 Å². The SMILES string of the molecule is CCCC(C)(C)NC(C)c1ncc(Br)s1. The van der Waals surface area contributed by atoms with Gasteiger partial charge in [-0.05, 0) is 43.1 Å². The lowest BCUT2D eigenvalue weighted by atomic mass is 9.98. The van der Waals surface area contributed by atoms with E-state index in [4.69, 9.17) is 0 Å². The molecule has 0 spiro atoms. The number of nitrogens with zero attached hydrogens (tertiary/aromatic N) is 1. The van der Waals surface area contributed by atoms with Crippen LogP contribution in [0, 0.1) is 0 Å². The van der Waals surface area contributed by atoms with Gasteiger partial charge in [0, 0.05) is 5.54 Å². The number of aromatic nitrogens is 1. The lowest BCUT2D eigenvalue weighted by Crippen LogP contribution is -2.40. The number of rotatable bonds is 5. The van der Waals surface area contributed by atoms with Gasteiger partial charge < -0.3 is 5.32 Å². The molecule has 0 aliphatic rings. The number of thiazole rings is 1. The van der Waals surface area contributed by atoms with Crippen LogP contribution in [0.2, 0.25) is 0 Å². The van der Waals surface area contributed by atoms with Gasteiger partial charge in [0.25, 0.3) is 0 Å². The summed E-state index contributed by atoms with van der Waals surface area (Å²) in [5, 5.41) is 4.76. The number of nitrogens with one attached hydrogen (secondary N) is 1. The van der Waals surface area contributed by atoms with Gasteiger partial charge in [0.2, 0.25) is 0 Å². The van der Waals surface area contributed by atoms with E-state index >= 15 is 0 Å². The third kappa shape index (κ3) is 4.21. The fraction of sp³-hybridized carbons (Fsp3) is 0.727. The molecule has 0 bridgehead atoms. The van der Waals surface area contributed by atoms with Gasteiger partial charge >= 0.3 is 0 Å². The molecule has 1 aromatic rings. The minimum atomic E-state index is 0.187. The van der Waals surface area contributed by atoms with Crippen LogP contribution in [0.5, 0.6) is 0 Å². The second kappa shape index (κ2) is 5.41. The molecule has 0 radical (unpaired) electrons. The summed E-state index contributed by atoms with van der Waals surface area (Å²) in [6, 6.07) is 0.322. The molecule has 1 heterocycles. The van der Waals surface area contributed by atoms with Crippen molar-refractivity contribution in [1.29, 1.82) is 0 Å². The van der Waals surface area contributed by atoms with Crippen molar-refractivity contribution in [1.82, 2.24) is 10.3 Å². The van der Waals surface area contributed by atoms with E-state index in [0.29, 0.717) is 6.04 Å².